The summed E-state index contributed by atoms with van der Waals surface area (Å²) in [5.74, 6) is 1.26. The highest BCUT2D eigenvalue weighted by atomic mass is 79.9. The van der Waals surface area contributed by atoms with Crippen molar-refractivity contribution in [3.05, 3.63) is 93.4 Å². The van der Waals surface area contributed by atoms with Crippen LogP contribution in [-0.2, 0) is 17.9 Å². The van der Waals surface area contributed by atoms with Gasteiger partial charge in [-0.05, 0) is 35.9 Å². The molecular formula is C22H19BrClNO3. The van der Waals surface area contributed by atoms with Crippen molar-refractivity contribution >= 4 is 33.6 Å². The quantitative estimate of drug-likeness (QED) is 0.413. The van der Waals surface area contributed by atoms with Crippen LogP contribution in [0.4, 0.5) is 4.79 Å². The molecule has 0 saturated heterocycles. The summed E-state index contributed by atoms with van der Waals surface area (Å²) < 4.78 is 12.2. The summed E-state index contributed by atoms with van der Waals surface area (Å²) in [5.41, 5.74) is 1.79. The Labute approximate surface area is 177 Å². The molecule has 0 aliphatic rings. The maximum atomic E-state index is 12.3. The smallest absolute Gasteiger partial charge is 0.410 e. The van der Waals surface area contributed by atoms with E-state index in [4.69, 9.17) is 21.1 Å². The summed E-state index contributed by atoms with van der Waals surface area (Å²) in [6.45, 7) is 0.576. The largest absolute Gasteiger partial charge is 0.457 e. The van der Waals surface area contributed by atoms with Crippen LogP contribution in [0.2, 0.25) is 5.02 Å². The summed E-state index contributed by atoms with van der Waals surface area (Å²) in [5, 5.41) is 0.593. The Morgan fingerprint density at radius 2 is 1.82 bits per heavy atom. The average Bonchev–Trinajstić information content (AvgIpc) is 2.69. The van der Waals surface area contributed by atoms with Crippen molar-refractivity contribution in [2.24, 2.45) is 0 Å². The van der Waals surface area contributed by atoms with Crippen LogP contribution in [0.15, 0.2) is 77.3 Å². The van der Waals surface area contributed by atoms with Gasteiger partial charge in [0, 0.05) is 22.1 Å². The summed E-state index contributed by atoms with van der Waals surface area (Å²) in [6, 6.07) is 22.4. The Morgan fingerprint density at radius 3 is 2.57 bits per heavy atom. The molecule has 3 aromatic rings. The number of nitrogens with zero attached hydrogens (tertiary/aromatic N) is 1. The molecule has 0 aliphatic carbocycles. The van der Waals surface area contributed by atoms with Crippen molar-refractivity contribution in [2.45, 2.75) is 13.2 Å². The van der Waals surface area contributed by atoms with Gasteiger partial charge in [0.1, 0.15) is 18.1 Å². The minimum atomic E-state index is -0.402. The molecule has 0 spiro atoms. The van der Waals surface area contributed by atoms with Crippen molar-refractivity contribution < 1.29 is 14.3 Å². The molecule has 144 valence electrons. The van der Waals surface area contributed by atoms with Crippen molar-refractivity contribution in [2.75, 3.05) is 7.05 Å². The number of rotatable bonds is 6. The Hall–Kier alpha value is -2.50. The molecule has 0 heterocycles. The van der Waals surface area contributed by atoms with Crippen LogP contribution in [0, 0.1) is 0 Å². The first-order valence-electron chi connectivity index (χ1n) is 8.65. The molecule has 0 aromatic heterocycles. The van der Waals surface area contributed by atoms with E-state index >= 15 is 0 Å². The molecule has 4 nitrogen and oxygen atoms in total. The van der Waals surface area contributed by atoms with Gasteiger partial charge in [-0.15, -0.1) is 0 Å². The molecule has 0 unspecified atom stereocenters. The molecule has 0 radical (unpaired) electrons. The molecular weight excluding hydrogens is 442 g/mol. The fourth-order valence-electron chi connectivity index (χ4n) is 2.56. The second-order valence-electron chi connectivity index (χ2n) is 6.21. The van der Waals surface area contributed by atoms with Gasteiger partial charge in [0.25, 0.3) is 0 Å². The fourth-order valence-corrected chi connectivity index (χ4v) is 3.08. The predicted molar refractivity (Wildman–Crippen MR) is 114 cm³/mol. The van der Waals surface area contributed by atoms with E-state index in [9.17, 15) is 4.79 Å². The number of carbonyl (C=O) groups is 1. The van der Waals surface area contributed by atoms with Crippen LogP contribution in [0.1, 0.15) is 11.1 Å². The Bertz CT molecular complexity index is 950. The topological polar surface area (TPSA) is 38.8 Å². The lowest BCUT2D eigenvalue weighted by molar-refractivity contribution is 0.102. The molecule has 0 N–H and O–H groups in total. The van der Waals surface area contributed by atoms with Gasteiger partial charge in [0.2, 0.25) is 0 Å². The molecule has 0 fully saturated rings. The zero-order valence-corrected chi connectivity index (χ0v) is 17.6. The molecule has 28 heavy (non-hydrogen) atoms. The number of hydrogen-bond acceptors (Lipinski definition) is 3. The Balaban J connectivity index is 1.68. The number of hydrogen-bond donors (Lipinski definition) is 0. The molecule has 3 rings (SSSR count). The van der Waals surface area contributed by atoms with Gasteiger partial charge in [-0.3, -0.25) is 0 Å². The van der Waals surface area contributed by atoms with Crippen molar-refractivity contribution in [3.63, 3.8) is 0 Å². The number of benzene rings is 3. The summed E-state index contributed by atoms with van der Waals surface area (Å²) in [4.78, 5) is 13.8. The van der Waals surface area contributed by atoms with Gasteiger partial charge < -0.3 is 14.4 Å². The van der Waals surface area contributed by atoms with Crippen LogP contribution in [-0.4, -0.2) is 18.0 Å². The normalized spacial score (nSPS) is 10.4. The molecule has 0 bridgehead atoms. The van der Waals surface area contributed by atoms with Gasteiger partial charge in [-0.1, -0.05) is 70.0 Å². The molecule has 0 aliphatic heterocycles. The van der Waals surface area contributed by atoms with Crippen molar-refractivity contribution in [3.8, 4) is 11.5 Å². The first-order chi connectivity index (χ1) is 13.5. The van der Waals surface area contributed by atoms with Crippen molar-refractivity contribution in [1.82, 2.24) is 4.90 Å². The highest BCUT2D eigenvalue weighted by molar-refractivity contribution is 9.10. The lowest BCUT2D eigenvalue weighted by Gasteiger charge is -2.19. The first kappa shape index (κ1) is 20.2. The third-order valence-corrected chi connectivity index (χ3v) is 4.71. The van der Waals surface area contributed by atoms with Gasteiger partial charge in [-0.25, -0.2) is 4.79 Å². The maximum absolute atomic E-state index is 12.3. The van der Waals surface area contributed by atoms with E-state index < -0.39 is 6.09 Å². The number of amides is 1. The summed E-state index contributed by atoms with van der Waals surface area (Å²) in [6.07, 6.45) is -0.402. The third kappa shape index (κ3) is 5.75. The molecule has 3 aromatic carbocycles. The number of carbonyl (C=O) groups excluding carboxylic acids is 1. The Morgan fingerprint density at radius 1 is 1.04 bits per heavy atom. The molecule has 0 saturated carbocycles. The van der Waals surface area contributed by atoms with Crippen LogP contribution in [0.25, 0.3) is 0 Å². The Kier molecular flexibility index (Phi) is 6.95. The second kappa shape index (κ2) is 9.62. The van der Waals surface area contributed by atoms with Crippen LogP contribution >= 0.6 is 27.5 Å². The minimum Gasteiger partial charge on any atom is -0.457 e. The second-order valence-corrected chi connectivity index (χ2v) is 7.56. The van der Waals surface area contributed by atoms with E-state index in [0.717, 1.165) is 15.6 Å². The highest BCUT2D eigenvalue weighted by Gasteiger charge is 2.15. The van der Waals surface area contributed by atoms with E-state index in [0.29, 0.717) is 23.1 Å². The van der Waals surface area contributed by atoms with E-state index in [1.165, 1.54) is 4.90 Å². The highest BCUT2D eigenvalue weighted by Crippen LogP contribution is 2.30. The molecule has 0 atom stereocenters. The molecule has 1 amide bonds. The van der Waals surface area contributed by atoms with Crippen LogP contribution in [0.5, 0.6) is 11.5 Å². The van der Waals surface area contributed by atoms with E-state index in [2.05, 4.69) is 15.9 Å². The predicted octanol–water partition coefficient (Wildman–Crippen LogP) is 6.66. The van der Waals surface area contributed by atoms with E-state index in [1.54, 1.807) is 19.2 Å². The first-order valence-corrected chi connectivity index (χ1v) is 9.82. The monoisotopic (exact) mass is 459 g/mol. The number of ether oxygens (including phenoxy) is 2. The van der Waals surface area contributed by atoms with Gasteiger partial charge in [-0.2, -0.15) is 0 Å². The zero-order chi connectivity index (χ0) is 19.9. The number of halogens is 2. The van der Waals surface area contributed by atoms with E-state index in [-0.39, 0.29) is 6.61 Å². The van der Waals surface area contributed by atoms with Gasteiger partial charge in [0.15, 0.2) is 0 Å². The lowest BCUT2D eigenvalue weighted by Crippen LogP contribution is -2.27. The average molecular weight is 461 g/mol. The third-order valence-electron chi connectivity index (χ3n) is 3.98. The van der Waals surface area contributed by atoms with Gasteiger partial charge in [0.05, 0.1) is 6.54 Å². The van der Waals surface area contributed by atoms with Crippen LogP contribution in [0.3, 0.4) is 0 Å². The van der Waals surface area contributed by atoms with Crippen molar-refractivity contribution in [1.29, 1.82) is 0 Å². The van der Waals surface area contributed by atoms with Crippen LogP contribution < -0.4 is 4.74 Å². The zero-order valence-electron chi connectivity index (χ0n) is 15.3. The maximum Gasteiger partial charge on any atom is 0.410 e. The standard InChI is InChI=1S/C22H19BrClNO3/c1-25(22(26)27-15-16-6-3-2-4-7-16)14-17-10-11-18(23)12-21(17)28-20-9-5-8-19(24)13-20/h2-13H,14-15H2,1H3. The summed E-state index contributed by atoms with van der Waals surface area (Å²) in [7, 11) is 1.69. The molecule has 6 heteroatoms. The van der Waals surface area contributed by atoms with E-state index in [1.807, 2.05) is 60.7 Å². The summed E-state index contributed by atoms with van der Waals surface area (Å²) >= 11 is 9.49. The lowest BCUT2D eigenvalue weighted by atomic mass is 10.2. The SMILES string of the molecule is CN(Cc1ccc(Br)cc1Oc1cccc(Cl)c1)C(=O)OCc1ccccc1. The van der Waals surface area contributed by atoms with Gasteiger partial charge >= 0.3 is 6.09 Å². The minimum absolute atomic E-state index is 0.232. The fraction of sp³-hybridized carbons (Fsp3) is 0.136.